The Bertz CT molecular complexity index is 2470. The summed E-state index contributed by atoms with van der Waals surface area (Å²) < 4.78 is 87.2. The van der Waals surface area contributed by atoms with E-state index in [9.17, 15) is 27.2 Å². The normalized spacial score (nSPS) is 23.6. The van der Waals surface area contributed by atoms with Crippen molar-refractivity contribution in [2.75, 3.05) is 43.3 Å². The fourth-order valence-corrected chi connectivity index (χ4v) is 9.96. The van der Waals surface area contributed by atoms with Crippen LogP contribution in [0.4, 0.5) is 24.5 Å². The van der Waals surface area contributed by atoms with Gasteiger partial charge >= 0.3 is 10.2 Å². The second-order valence-electron chi connectivity index (χ2n) is 16.3. The van der Waals surface area contributed by atoms with Crippen molar-refractivity contribution in [3.8, 4) is 11.5 Å². The first-order valence-electron chi connectivity index (χ1n) is 20.4. The van der Waals surface area contributed by atoms with E-state index in [1.807, 2.05) is 6.07 Å². The summed E-state index contributed by atoms with van der Waals surface area (Å²) in [5.74, 6) is -4.06. The van der Waals surface area contributed by atoms with Crippen LogP contribution in [0, 0.1) is 17.5 Å². The fraction of sp³-hybridized carbons (Fsp3) is 0.476. The van der Waals surface area contributed by atoms with Gasteiger partial charge in [0.15, 0.2) is 11.6 Å². The maximum absolute atomic E-state index is 15.4. The molecule has 1 aromatic heterocycles. The van der Waals surface area contributed by atoms with Crippen molar-refractivity contribution in [1.82, 2.24) is 24.1 Å². The van der Waals surface area contributed by atoms with Gasteiger partial charge in [0.1, 0.15) is 17.6 Å². The summed E-state index contributed by atoms with van der Waals surface area (Å²) in [6.45, 7) is 3.74. The molecule has 8 rings (SSSR count). The lowest BCUT2D eigenvalue weighted by Crippen LogP contribution is -2.49. The van der Waals surface area contributed by atoms with E-state index in [1.54, 1.807) is 17.6 Å². The number of piperidine rings is 2. The Labute approximate surface area is 345 Å². The lowest BCUT2D eigenvalue weighted by molar-refractivity contribution is -0.133. The number of likely N-dealkylation sites (tertiary alicyclic amines) is 1. The van der Waals surface area contributed by atoms with Gasteiger partial charge in [0.2, 0.25) is 17.6 Å². The number of hydrogen-bond donors (Lipinski definition) is 3. The number of imide groups is 1. The molecule has 0 radical (unpaired) electrons. The smallest absolute Gasteiger partial charge is 0.301 e. The number of hydrogen-bond acceptors (Lipinski definition) is 10. The van der Waals surface area contributed by atoms with Gasteiger partial charge < -0.3 is 19.7 Å². The van der Waals surface area contributed by atoms with E-state index in [0.29, 0.717) is 42.3 Å². The average molecular weight is 852 g/mol. The third-order valence-corrected chi connectivity index (χ3v) is 14.2. The molecule has 1 spiro atoms. The number of nitrogens with zero attached hydrogens (tertiary/aromatic N) is 4. The fourth-order valence-electron chi connectivity index (χ4n) is 9.02. The zero-order valence-electron chi connectivity index (χ0n) is 33.4. The quantitative estimate of drug-likeness (QED) is 0.154. The van der Waals surface area contributed by atoms with Crippen LogP contribution in [0.2, 0.25) is 0 Å². The van der Waals surface area contributed by atoms with E-state index >= 15 is 8.78 Å². The molecule has 1 saturated carbocycles. The maximum atomic E-state index is 15.4. The number of fused-ring (bicyclic) bond motifs is 1. The maximum Gasteiger partial charge on any atom is 0.301 e. The number of aromatic nitrogens is 2. The molecule has 2 atom stereocenters. The Morgan fingerprint density at radius 2 is 1.73 bits per heavy atom. The van der Waals surface area contributed by atoms with Gasteiger partial charge in [-0.05, 0) is 105 Å². The van der Waals surface area contributed by atoms with Gasteiger partial charge in [-0.2, -0.15) is 12.7 Å². The van der Waals surface area contributed by atoms with Crippen molar-refractivity contribution in [3.63, 3.8) is 0 Å². The number of amides is 2. The topological polar surface area (TPSA) is 164 Å². The number of carbonyl (C=O) groups is 2. The Hall–Kier alpha value is -5.04. The van der Waals surface area contributed by atoms with Crippen LogP contribution in [0.1, 0.15) is 82.2 Å². The highest BCUT2D eigenvalue weighted by molar-refractivity contribution is 7.90. The first kappa shape index (κ1) is 41.7. The number of nitrogens with one attached hydrogen (secondary N) is 3. The van der Waals surface area contributed by atoms with Crippen LogP contribution in [0.3, 0.4) is 0 Å². The summed E-state index contributed by atoms with van der Waals surface area (Å²) in [5.41, 5.74) is 0.323. The Balaban J connectivity index is 0.869. The van der Waals surface area contributed by atoms with Crippen LogP contribution < -0.4 is 25.7 Å². The summed E-state index contributed by atoms with van der Waals surface area (Å²) in [6.07, 6.45) is 7.95. The molecule has 3 N–H and O–H groups in total. The van der Waals surface area contributed by atoms with Crippen molar-refractivity contribution in [3.05, 3.63) is 88.2 Å². The number of benzene rings is 3. The third kappa shape index (κ3) is 8.47. The molecule has 4 heterocycles. The van der Waals surface area contributed by atoms with Crippen molar-refractivity contribution in [2.24, 2.45) is 0 Å². The van der Waals surface area contributed by atoms with Crippen molar-refractivity contribution in [2.45, 2.75) is 94.4 Å². The van der Waals surface area contributed by atoms with Gasteiger partial charge in [-0.3, -0.25) is 29.0 Å². The molecule has 18 heteroatoms. The largest absolute Gasteiger partial charge is 0.451 e. The molecule has 2 amide bonds. The first-order chi connectivity index (χ1) is 28.7. The van der Waals surface area contributed by atoms with E-state index < -0.39 is 50.8 Å². The summed E-state index contributed by atoms with van der Waals surface area (Å²) in [7, 11) is -2.78. The predicted molar refractivity (Wildman–Crippen MR) is 218 cm³/mol. The van der Waals surface area contributed by atoms with Gasteiger partial charge in [0, 0.05) is 44.8 Å². The molecule has 320 valence electrons. The third-order valence-electron chi connectivity index (χ3n) is 12.6. The lowest BCUT2D eigenvalue weighted by Gasteiger charge is -2.44. The number of halogens is 3. The molecule has 4 aliphatic rings. The molecule has 0 bridgehead atoms. The van der Waals surface area contributed by atoms with Gasteiger partial charge in [0.25, 0.3) is 5.56 Å². The SMILES string of the molecule is CCN(C)S(=O)(=O)Nc1ccc(F)c(Oc2ccc3ncn([C@H]4COC5(CCN(C6CCC(c7ccc(NC8CCC(=O)NC8=O)cc7F)CC6)CC5)C4)c(=O)c3c2)c1F. The molecule has 4 aromatic rings. The Kier molecular flexibility index (Phi) is 11.7. The summed E-state index contributed by atoms with van der Waals surface area (Å²) in [4.78, 5) is 44.5. The van der Waals surface area contributed by atoms with Crippen LogP contribution >= 0.6 is 0 Å². The number of carbonyl (C=O) groups excluding carboxylic acids is 2. The van der Waals surface area contributed by atoms with E-state index in [0.717, 1.165) is 68.1 Å². The number of rotatable bonds is 11. The first-order valence-corrected chi connectivity index (χ1v) is 21.8. The summed E-state index contributed by atoms with van der Waals surface area (Å²) in [6, 6.07) is 10.7. The van der Waals surface area contributed by atoms with E-state index in [2.05, 4.69) is 25.2 Å². The minimum absolute atomic E-state index is 0.0365. The second-order valence-corrected chi connectivity index (χ2v) is 18.1. The molecule has 3 aromatic carbocycles. The van der Waals surface area contributed by atoms with Gasteiger partial charge in [-0.15, -0.1) is 0 Å². The monoisotopic (exact) mass is 851 g/mol. The summed E-state index contributed by atoms with van der Waals surface area (Å²) in [5, 5.41) is 5.55. The molecular formula is C42H48F3N7O7S. The molecule has 4 fully saturated rings. The standard InChI is InChI=1S/C42H48F3N7O7S/c1-3-50(2)60(56,57)49-35-13-11-32(43)39(38(35)45)59-29-9-12-34-31(21-29)41(55)52(24-46-34)28-22-42(58-23-28)16-18-51(19-17-42)27-7-4-25(5-8-27)30-10-6-26(20-33(30)44)47-36-14-15-37(53)48-40(36)54/h6,9-13,20-21,24-25,27-28,36,47,49H,3-5,7-8,14-19,22-23H2,1-2H3,(H,48,53,54)/t25?,27?,28-,36?/m1/s1. The predicted octanol–water partition coefficient (Wildman–Crippen LogP) is 5.95. The Morgan fingerprint density at radius 3 is 2.45 bits per heavy atom. The minimum atomic E-state index is -4.10. The van der Waals surface area contributed by atoms with Gasteiger partial charge in [0.05, 0.1) is 41.2 Å². The highest BCUT2D eigenvalue weighted by Gasteiger charge is 2.45. The van der Waals surface area contributed by atoms with Crippen LogP contribution in [0.25, 0.3) is 10.9 Å². The zero-order valence-corrected chi connectivity index (χ0v) is 34.2. The number of ether oxygens (including phenoxy) is 2. The van der Waals surface area contributed by atoms with E-state index in [-0.39, 0.29) is 53.3 Å². The van der Waals surface area contributed by atoms with Crippen molar-refractivity contribution >= 4 is 44.3 Å². The van der Waals surface area contributed by atoms with E-state index in [1.165, 1.54) is 37.6 Å². The zero-order chi connectivity index (χ0) is 42.3. The molecule has 60 heavy (non-hydrogen) atoms. The van der Waals surface area contributed by atoms with Gasteiger partial charge in [-0.1, -0.05) is 13.0 Å². The molecule has 1 unspecified atom stereocenters. The molecule has 14 nitrogen and oxygen atoms in total. The highest BCUT2D eigenvalue weighted by atomic mass is 32.2. The number of anilines is 2. The lowest BCUT2D eigenvalue weighted by atomic mass is 9.79. The summed E-state index contributed by atoms with van der Waals surface area (Å²) >= 11 is 0. The van der Waals surface area contributed by atoms with Crippen LogP contribution in [0.15, 0.2) is 59.7 Å². The van der Waals surface area contributed by atoms with Crippen molar-refractivity contribution < 1.29 is 40.7 Å². The molecule has 3 saturated heterocycles. The van der Waals surface area contributed by atoms with Gasteiger partial charge in [-0.25, -0.2) is 18.2 Å². The van der Waals surface area contributed by atoms with Crippen LogP contribution in [-0.4, -0.2) is 90.0 Å². The van der Waals surface area contributed by atoms with Crippen molar-refractivity contribution in [1.29, 1.82) is 0 Å². The van der Waals surface area contributed by atoms with Crippen LogP contribution in [-0.2, 0) is 24.5 Å². The Morgan fingerprint density at radius 1 is 0.967 bits per heavy atom. The average Bonchev–Trinajstić information content (AvgIpc) is 3.64. The molecule has 1 aliphatic carbocycles. The van der Waals surface area contributed by atoms with Crippen LogP contribution in [0.5, 0.6) is 11.5 Å². The second kappa shape index (κ2) is 16.8. The highest BCUT2D eigenvalue weighted by Crippen LogP contribution is 2.43. The minimum Gasteiger partial charge on any atom is -0.451 e. The molecular weight excluding hydrogens is 804 g/mol. The van der Waals surface area contributed by atoms with E-state index in [4.69, 9.17) is 9.47 Å². The molecule has 3 aliphatic heterocycles.